The van der Waals surface area contributed by atoms with Gasteiger partial charge >= 0.3 is 6.18 Å². The van der Waals surface area contributed by atoms with E-state index in [0.29, 0.717) is 16.8 Å². The molecular weight excluding hydrogens is 455 g/mol. The number of halogens is 3. The van der Waals surface area contributed by atoms with Gasteiger partial charge in [-0.2, -0.15) is 13.2 Å². The van der Waals surface area contributed by atoms with Crippen LogP contribution in [0.25, 0.3) is 33.5 Å². The van der Waals surface area contributed by atoms with Gasteiger partial charge in [0.15, 0.2) is 6.20 Å². The highest BCUT2D eigenvalue weighted by Gasteiger charge is 2.46. The molecule has 0 bridgehead atoms. The number of alkyl halides is 3. The van der Waals surface area contributed by atoms with E-state index in [9.17, 15) is 13.2 Å². The van der Waals surface area contributed by atoms with Crippen LogP contribution in [-0.4, -0.2) is 6.18 Å². The van der Waals surface area contributed by atoms with Gasteiger partial charge in [-0.25, -0.2) is 4.57 Å². The normalized spacial score (nSPS) is 16.5. The first-order chi connectivity index (χ1) is 20.1. The second kappa shape index (κ2) is 9.57. The molecule has 4 rings (SSSR count). The molecule has 186 valence electrons. The van der Waals surface area contributed by atoms with Crippen molar-refractivity contribution in [3.05, 3.63) is 101 Å². The van der Waals surface area contributed by atoms with E-state index in [-0.39, 0.29) is 27.8 Å². The van der Waals surface area contributed by atoms with Crippen LogP contribution in [0.4, 0.5) is 13.2 Å². The van der Waals surface area contributed by atoms with Crippen LogP contribution in [-0.2, 0) is 13.4 Å². The summed E-state index contributed by atoms with van der Waals surface area (Å²) in [6.45, 7) is -1.66. The number of nitrogens with zero attached hydrogens (tertiary/aromatic N) is 1. The number of aryl methyl sites for hydroxylation is 4. The monoisotopic (exact) mass is 496 g/mol. The van der Waals surface area contributed by atoms with Crippen LogP contribution in [0.15, 0.2) is 79.0 Å². The van der Waals surface area contributed by atoms with Crippen LogP contribution in [0.1, 0.15) is 47.1 Å². The Hall–Kier alpha value is -3.40. The summed E-state index contributed by atoms with van der Waals surface area (Å²) in [5.41, 5.74) is 0.909. The minimum absolute atomic E-state index is 0.0190. The van der Waals surface area contributed by atoms with Gasteiger partial charge in [0.25, 0.3) is 0 Å². The van der Waals surface area contributed by atoms with Gasteiger partial charge in [-0.05, 0) is 72.0 Å². The molecule has 4 aromatic rings. The molecule has 0 N–H and O–H groups in total. The Morgan fingerprint density at radius 1 is 0.778 bits per heavy atom. The maximum absolute atomic E-state index is 13.6. The van der Waals surface area contributed by atoms with Gasteiger partial charge in [0.2, 0.25) is 5.69 Å². The summed E-state index contributed by atoms with van der Waals surface area (Å²) in [7, 11) is 1.73. The molecule has 0 radical (unpaired) electrons. The van der Waals surface area contributed by atoms with Crippen molar-refractivity contribution in [1.82, 2.24) is 0 Å². The van der Waals surface area contributed by atoms with E-state index in [4.69, 9.17) is 11.0 Å². The third kappa shape index (κ3) is 5.09. The Morgan fingerprint density at radius 2 is 1.44 bits per heavy atom. The van der Waals surface area contributed by atoms with E-state index in [2.05, 4.69) is 0 Å². The number of pyridine rings is 1. The zero-order valence-corrected chi connectivity index (χ0v) is 20.6. The van der Waals surface area contributed by atoms with E-state index in [0.717, 1.165) is 25.0 Å². The van der Waals surface area contributed by atoms with Crippen molar-refractivity contribution in [2.24, 2.45) is 12.5 Å². The second-order valence-electron chi connectivity index (χ2n) is 9.50. The molecule has 4 heteroatoms. The largest absolute Gasteiger partial charge is 0.394 e. The number of rotatable bonds is 5. The van der Waals surface area contributed by atoms with Gasteiger partial charge in [0, 0.05) is 28.2 Å². The third-order valence-corrected chi connectivity index (χ3v) is 6.39. The van der Waals surface area contributed by atoms with Crippen molar-refractivity contribution >= 4 is 0 Å². The van der Waals surface area contributed by atoms with Crippen molar-refractivity contribution in [3.63, 3.8) is 0 Å². The van der Waals surface area contributed by atoms with Gasteiger partial charge in [-0.1, -0.05) is 74.5 Å². The predicted molar refractivity (Wildman–Crippen MR) is 142 cm³/mol. The third-order valence-electron chi connectivity index (χ3n) is 6.39. The molecule has 0 aliphatic carbocycles. The minimum Gasteiger partial charge on any atom is -0.201 e. The van der Waals surface area contributed by atoms with Gasteiger partial charge in [-0.15, -0.1) is 0 Å². The highest BCUT2D eigenvalue weighted by molar-refractivity contribution is 5.77. The van der Waals surface area contributed by atoms with E-state index in [1.807, 2.05) is 31.2 Å². The highest BCUT2D eigenvalue weighted by atomic mass is 19.4. The molecule has 0 fully saturated rings. The second-order valence-corrected chi connectivity index (χ2v) is 9.50. The summed E-state index contributed by atoms with van der Waals surface area (Å²) in [5.74, 6) is 0. The first kappa shape index (κ1) is 17.1. The summed E-state index contributed by atoms with van der Waals surface area (Å²) >= 11 is 0. The summed E-state index contributed by atoms with van der Waals surface area (Å²) < 4.78 is 109. The molecule has 1 aromatic heterocycles. The fourth-order valence-corrected chi connectivity index (χ4v) is 4.14. The van der Waals surface area contributed by atoms with Gasteiger partial charge in [-0.3, -0.25) is 0 Å². The first-order valence-electron chi connectivity index (χ1n) is 15.5. The molecule has 36 heavy (non-hydrogen) atoms. The molecule has 0 unspecified atom stereocenters. The van der Waals surface area contributed by atoms with Crippen LogP contribution in [0.5, 0.6) is 0 Å². The lowest BCUT2D eigenvalue weighted by Gasteiger charge is -2.27. The Morgan fingerprint density at radius 3 is 2.08 bits per heavy atom. The first-order valence-corrected chi connectivity index (χ1v) is 11.5. The molecule has 3 aromatic carbocycles. The molecule has 0 saturated carbocycles. The van der Waals surface area contributed by atoms with E-state index < -0.39 is 31.7 Å². The average Bonchev–Trinajstić information content (AvgIpc) is 2.91. The van der Waals surface area contributed by atoms with Crippen LogP contribution >= 0.6 is 0 Å². The summed E-state index contributed by atoms with van der Waals surface area (Å²) in [4.78, 5) is 0. The molecule has 0 atom stereocenters. The Kier molecular flexibility index (Phi) is 4.55. The highest BCUT2D eigenvalue weighted by Crippen LogP contribution is 2.40. The van der Waals surface area contributed by atoms with Gasteiger partial charge < -0.3 is 0 Å². The van der Waals surface area contributed by atoms with Crippen molar-refractivity contribution in [2.45, 2.75) is 47.0 Å². The van der Waals surface area contributed by atoms with Crippen LogP contribution in [0.3, 0.4) is 0 Å². The van der Waals surface area contributed by atoms with Crippen molar-refractivity contribution in [1.29, 1.82) is 0 Å². The number of hydrogen-bond acceptors (Lipinski definition) is 0. The zero-order valence-electron chi connectivity index (χ0n) is 28.6. The van der Waals surface area contributed by atoms with Crippen molar-refractivity contribution in [3.8, 4) is 33.5 Å². The maximum Gasteiger partial charge on any atom is 0.394 e. The fourth-order valence-electron chi connectivity index (χ4n) is 4.14. The molecule has 0 spiro atoms. The Balaban J connectivity index is 1.89. The standard InChI is InChI=1S/C32H33F3N/c1-21-9-7-8-10-28(21)30-18-29(23(3)20-36(30)6)27-16-15-26(17-22(27)2)25-13-11-24(12-14-25)19-31(4,5)32(33,34)35/h7-18,20H,19H2,1-6H3/q+1/i2D3,3D3,19D2. The van der Waals surface area contributed by atoms with E-state index >= 15 is 0 Å². The Bertz CT molecular complexity index is 1690. The SMILES string of the molecule is [2H]C([2H])([2H])c1cc(-c2ccc(C([2H])([2H])C(C)(C)C(F)(F)F)cc2)ccc1-c1cc(-c2ccccc2C)[n+](C)cc1C([2H])([2H])[2H]. The molecule has 0 saturated heterocycles. The van der Waals surface area contributed by atoms with E-state index in [1.165, 1.54) is 36.5 Å². The zero-order chi connectivity index (χ0) is 33.0. The molecule has 1 heterocycles. The topological polar surface area (TPSA) is 3.88 Å². The number of aromatic nitrogens is 1. The number of hydrogen-bond donors (Lipinski definition) is 0. The predicted octanol–water partition coefficient (Wildman–Crippen LogP) is 8.57. The van der Waals surface area contributed by atoms with E-state index in [1.54, 1.807) is 29.8 Å². The summed E-state index contributed by atoms with van der Waals surface area (Å²) in [6.07, 6.45) is -6.03. The molecule has 0 aliphatic heterocycles. The van der Waals surface area contributed by atoms with Crippen LogP contribution in [0.2, 0.25) is 0 Å². The van der Waals surface area contributed by atoms with Crippen LogP contribution in [0, 0.1) is 26.0 Å². The molecular formula is C32H33F3N+. The maximum atomic E-state index is 13.6. The van der Waals surface area contributed by atoms with Crippen molar-refractivity contribution < 1.29 is 28.7 Å². The lowest BCUT2D eigenvalue weighted by Crippen LogP contribution is -2.34. The quantitative estimate of drug-likeness (QED) is 0.244. The average molecular weight is 497 g/mol. The van der Waals surface area contributed by atoms with Gasteiger partial charge in [0.1, 0.15) is 7.05 Å². The van der Waals surface area contributed by atoms with Crippen molar-refractivity contribution in [2.75, 3.05) is 0 Å². The lowest BCUT2D eigenvalue weighted by atomic mass is 9.84. The molecule has 1 nitrogen and oxygen atoms in total. The fraction of sp³-hybridized carbons (Fsp3) is 0.281. The smallest absolute Gasteiger partial charge is 0.201 e. The lowest BCUT2D eigenvalue weighted by molar-refractivity contribution is -0.660. The Labute approximate surface area is 223 Å². The summed E-state index contributed by atoms with van der Waals surface area (Å²) in [6, 6.07) is 19.3. The number of benzene rings is 3. The minimum atomic E-state index is -4.79. The molecule has 0 aliphatic rings. The summed E-state index contributed by atoms with van der Waals surface area (Å²) in [5, 5.41) is 0. The molecule has 0 amide bonds. The van der Waals surface area contributed by atoms with Crippen LogP contribution < -0.4 is 4.57 Å². The van der Waals surface area contributed by atoms with Gasteiger partial charge in [0.05, 0.1) is 5.41 Å².